The molecule has 1 aromatic rings. The van der Waals surface area contributed by atoms with Crippen LogP contribution in [-0.4, -0.2) is 37.1 Å². The van der Waals surface area contributed by atoms with E-state index >= 15 is 0 Å². The van der Waals surface area contributed by atoms with Gasteiger partial charge in [0.25, 0.3) is 0 Å². The van der Waals surface area contributed by atoms with Gasteiger partial charge < -0.3 is 5.11 Å². The zero-order valence-corrected chi connectivity index (χ0v) is 11.0. The van der Waals surface area contributed by atoms with Crippen molar-refractivity contribution in [2.45, 2.75) is 24.4 Å². The number of para-hydroxylation sites is 1. The lowest BCUT2D eigenvalue weighted by Crippen LogP contribution is -2.39. The first-order chi connectivity index (χ1) is 8.68. The van der Waals surface area contributed by atoms with Crippen LogP contribution >= 0.6 is 0 Å². The highest BCUT2D eigenvalue weighted by Gasteiger charge is 2.37. The summed E-state index contributed by atoms with van der Waals surface area (Å²) in [6, 6.07) is 4.92. The predicted molar refractivity (Wildman–Crippen MR) is 63.2 cm³/mol. The van der Waals surface area contributed by atoms with E-state index in [2.05, 4.69) is 0 Å². The lowest BCUT2D eigenvalue weighted by atomic mass is 10.3. The molecule has 1 aromatic carbocycles. The number of hydrogen-bond acceptors (Lipinski definition) is 3. The first kappa shape index (κ1) is 15.8. The molecule has 0 atom stereocenters. The maximum atomic E-state index is 12.4. The largest absolute Gasteiger partial charge is 0.507 e. The number of halogens is 3. The zero-order valence-electron chi connectivity index (χ0n) is 10.2. The molecule has 0 bridgehead atoms. The van der Waals surface area contributed by atoms with Crippen LogP contribution in [-0.2, 0) is 10.0 Å². The van der Waals surface area contributed by atoms with Gasteiger partial charge in [-0.1, -0.05) is 19.1 Å². The Morgan fingerprint density at radius 2 is 1.84 bits per heavy atom. The van der Waals surface area contributed by atoms with Gasteiger partial charge in [0.05, 0.1) is 0 Å². The van der Waals surface area contributed by atoms with Crippen LogP contribution in [0.2, 0.25) is 0 Å². The van der Waals surface area contributed by atoms with Crippen molar-refractivity contribution < 1.29 is 26.7 Å². The van der Waals surface area contributed by atoms with Crippen molar-refractivity contribution in [1.29, 1.82) is 0 Å². The van der Waals surface area contributed by atoms with Gasteiger partial charge in [-0.15, -0.1) is 0 Å². The summed E-state index contributed by atoms with van der Waals surface area (Å²) in [6.45, 7) is -0.266. The molecule has 0 radical (unpaired) electrons. The third-order valence-corrected chi connectivity index (χ3v) is 4.20. The van der Waals surface area contributed by atoms with Gasteiger partial charge >= 0.3 is 6.18 Å². The SMILES string of the molecule is CCCN(CC(F)(F)F)S(=O)(=O)c1ccccc1O. The Bertz CT molecular complexity index is 528. The zero-order chi connectivity index (χ0) is 14.7. The summed E-state index contributed by atoms with van der Waals surface area (Å²) >= 11 is 0. The molecule has 108 valence electrons. The van der Waals surface area contributed by atoms with Gasteiger partial charge in [-0.25, -0.2) is 8.42 Å². The summed E-state index contributed by atoms with van der Waals surface area (Å²) in [5, 5.41) is 9.47. The molecule has 1 rings (SSSR count). The molecule has 0 spiro atoms. The van der Waals surface area contributed by atoms with Gasteiger partial charge in [-0.2, -0.15) is 17.5 Å². The molecule has 0 saturated carbocycles. The van der Waals surface area contributed by atoms with Crippen LogP contribution in [0.3, 0.4) is 0 Å². The summed E-state index contributed by atoms with van der Waals surface area (Å²) in [4.78, 5) is -0.521. The van der Waals surface area contributed by atoms with Gasteiger partial charge in [0.2, 0.25) is 10.0 Å². The first-order valence-corrected chi connectivity index (χ1v) is 6.97. The van der Waals surface area contributed by atoms with Crippen molar-refractivity contribution in [2.75, 3.05) is 13.1 Å². The third kappa shape index (κ3) is 4.10. The van der Waals surface area contributed by atoms with Gasteiger partial charge in [-0.05, 0) is 18.6 Å². The summed E-state index contributed by atoms with van der Waals surface area (Å²) in [5.41, 5.74) is 0. The molecule has 0 aliphatic heterocycles. The molecule has 0 fully saturated rings. The summed E-state index contributed by atoms with van der Waals surface area (Å²) in [7, 11) is -4.36. The van der Waals surface area contributed by atoms with Crippen LogP contribution in [0, 0.1) is 0 Å². The third-order valence-electron chi connectivity index (χ3n) is 2.31. The van der Waals surface area contributed by atoms with E-state index in [9.17, 15) is 26.7 Å². The number of rotatable bonds is 5. The van der Waals surface area contributed by atoms with E-state index in [1.54, 1.807) is 6.92 Å². The van der Waals surface area contributed by atoms with E-state index in [0.29, 0.717) is 4.31 Å². The van der Waals surface area contributed by atoms with E-state index < -0.39 is 33.4 Å². The molecule has 0 unspecified atom stereocenters. The lowest BCUT2D eigenvalue weighted by Gasteiger charge is -2.23. The average molecular weight is 297 g/mol. The van der Waals surface area contributed by atoms with Crippen LogP contribution in [0.4, 0.5) is 13.2 Å². The quantitative estimate of drug-likeness (QED) is 0.907. The number of phenolic OH excluding ortho intramolecular Hbond substituents is 1. The Hall–Kier alpha value is -1.28. The molecular weight excluding hydrogens is 283 g/mol. The minimum Gasteiger partial charge on any atom is -0.507 e. The van der Waals surface area contributed by atoms with Crippen LogP contribution in [0.25, 0.3) is 0 Å². The Morgan fingerprint density at radius 1 is 1.26 bits per heavy atom. The van der Waals surface area contributed by atoms with Gasteiger partial charge in [0.15, 0.2) is 0 Å². The summed E-state index contributed by atoms with van der Waals surface area (Å²) in [5.74, 6) is -0.564. The number of phenols is 1. The topological polar surface area (TPSA) is 57.6 Å². The van der Waals surface area contributed by atoms with Crippen LogP contribution in [0.5, 0.6) is 5.75 Å². The molecule has 0 saturated heterocycles. The molecule has 0 aliphatic carbocycles. The lowest BCUT2D eigenvalue weighted by molar-refractivity contribution is -0.136. The molecule has 1 N–H and O–H groups in total. The average Bonchev–Trinajstić information content (AvgIpc) is 2.27. The smallest absolute Gasteiger partial charge is 0.402 e. The number of sulfonamides is 1. The standard InChI is InChI=1S/C11H14F3NO3S/c1-2-7-15(8-11(12,13)14)19(17,18)10-6-4-3-5-9(10)16/h3-6,16H,2,7-8H2,1H3. The highest BCUT2D eigenvalue weighted by Crippen LogP contribution is 2.27. The van der Waals surface area contributed by atoms with Gasteiger partial charge in [0, 0.05) is 6.54 Å². The van der Waals surface area contributed by atoms with Crippen molar-refractivity contribution in [2.24, 2.45) is 0 Å². The second kappa shape index (κ2) is 5.79. The molecule has 0 aromatic heterocycles. The van der Waals surface area contributed by atoms with Crippen molar-refractivity contribution >= 4 is 10.0 Å². The number of alkyl halides is 3. The van der Waals surface area contributed by atoms with E-state index in [4.69, 9.17) is 0 Å². The van der Waals surface area contributed by atoms with E-state index in [1.165, 1.54) is 12.1 Å². The molecule has 0 aliphatic rings. The Morgan fingerprint density at radius 3 is 2.32 bits per heavy atom. The summed E-state index contributed by atoms with van der Waals surface area (Å²) < 4.78 is 61.7. The maximum Gasteiger partial charge on any atom is 0.402 e. The van der Waals surface area contributed by atoms with Crippen LogP contribution < -0.4 is 0 Å². The molecule has 8 heteroatoms. The van der Waals surface area contributed by atoms with Gasteiger partial charge in [-0.3, -0.25) is 0 Å². The van der Waals surface area contributed by atoms with Crippen LogP contribution in [0.1, 0.15) is 13.3 Å². The fourth-order valence-corrected chi connectivity index (χ4v) is 3.15. The highest BCUT2D eigenvalue weighted by molar-refractivity contribution is 7.89. The predicted octanol–water partition coefficient (Wildman–Crippen LogP) is 2.36. The van der Waals surface area contributed by atoms with Crippen molar-refractivity contribution in [1.82, 2.24) is 4.31 Å². The van der Waals surface area contributed by atoms with E-state index in [0.717, 1.165) is 12.1 Å². The number of nitrogens with zero attached hydrogens (tertiary/aromatic N) is 1. The number of aromatic hydroxyl groups is 1. The molecule has 0 heterocycles. The number of benzene rings is 1. The monoisotopic (exact) mass is 297 g/mol. The maximum absolute atomic E-state index is 12.4. The highest BCUT2D eigenvalue weighted by atomic mass is 32.2. The van der Waals surface area contributed by atoms with Crippen molar-refractivity contribution in [3.8, 4) is 5.75 Å². The Balaban J connectivity index is 3.17. The minimum absolute atomic E-state index is 0.239. The molecule has 4 nitrogen and oxygen atoms in total. The first-order valence-electron chi connectivity index (χ1n) is 5.53. The minimum atomic E-state index is -4.63. The Labute approximate surface area is 109 Å². The molecular formula is C11H14F3NO3S. The second-order valence-corrected chi connectivity index (χ2v) is 5.83. The number of hydrogen-bond donors (Lipinski definition) is 1. The fourth-order valence-electron chi connectivity index (χ4n) is 1.55. The molecule has 0 amide bonds. The second-order valence-electron chi connectivity index (χ2n) is 3.92. The van der Waals surface area contributed by atoms with Crippen molar-refractivity contribution in [3.05, 3.63) is 24.3 Å². The van der Waals surface area contributed by atoms with E-state index in [1.807, 2.05) is 0 Å². The molecule has 19 heavy (non-hydrogen) atoms. The van der Waals surface area contributed by atoms with Gasteiger partial charge in [0.1, 0.15) is 17.2 Å². The van der Waals surface area contributed by atoms with E-state index in [-0.39, 0.29) is 13.0 Å². The van der Waals surface area contributed by atoms with Crippen molar-refractivity contribution in [3.63, 3.8) is 0 Å². The normalized spacial score (nSPS) is 12.9. The van der Waals surface area contributed by atoms with Crippen LogP contribution in [0.15, 0.2) is 29.2 Å². The fraction of sp³-hybridized carbons (Fsp3) is 0.455. The Kier molecular flexibility index (Phi) is 4.81. The summed E-state index contributed by atoms with van der Waals surface area (Å²) in [6.07, 6.45) is -4.39.